The van der Waals surface area contributed by atoms with E-state index in [4.69, 9.17) is 6.42 Å². The highest BCUT2D eigenvalue weighted by Crippen LogP contribution is 2.08. The van der Waals surface area contributed by atoms with Crippen LogP contribution in [0.15, 0.2) is 12.4 Å². The average molecular weight is 232 g/mol. The molecular formula is C13H20N4. The van der Waals surface area contributed by atoms with Crippen molar-refractivity contribution in [2.45, 2.75) is 33.4 Å². The number of nitrogens with zero attached hydrogens (tertiary/aromatic N) is 3. The van der Waals surface area contributed by atoms with E-state index in [0.717, 1.165) is 24.6 Å². The van der Waals surface area contributed by atoms with Crippen LogP contribution in [0, 0.1) is 12.3 Å². The zero-order valence-electron chi connectivity index (χ0n) is 10.8. The molecule has 1 N–H and O–H groups in total. The maximum Gasteiger partial charge on any atom is 0.148 e. The molecule has 1 rings (SSSR count). The molecule has 92 valence electrons. The van der Waals surface area contributed by atoms with Crippen molar-refractivity contribution in [3.8, 4) is 12.3 Å². The molecule has 0 spiro atoms. The Morgan fingerprint density at radius 1 is 1.47 bits per heavy atom. The van der Waals surface area contributed by atoms with Crippen molar-refractivity contribution in [3.63, 3.8) is 0 Å². The number of nitrogens with one attached hydrogen (secondary N) is 1. The lowest BCUT2D eigenvalue weighted by Gasteiger charge is -2.19. The van der Waals surface area contributed by atoms with Gasteiger partial charge in [0.25, 0.3) is 0 Å². The first-order valence-corrected chi connectivity index (χ1v) is 5.90. The Balaban J connectivity index is 2.74. The third-order valence-electron chi connectivity index (χ3n) is 2.35. The van der Waals surface area contributed by atoms with Crippen LogP contribution in [0.25, 0.3) is 0 Å². The minimum Gasteiger partial charge on any atom is -0.344 e. The molecule has 0 aliphatic carbocycles. The second-order valence-electron chi connectivity index (χ2n) is 4.12. The summed E-state index contributed by atoms with van der Waals surface area (Å²) in [4.78, 5) is 10.8. The summed E-state index contributed by atoms with van der Waals surface area (Å²) in [6, 6.07) is 0.438. The van der Waals surface area contributed by atoms with Crippen molar-refractivity contribution in [1.29, 1.82) is 0 Å². The summed E-state index contributed by atoms with van der Waals surface area (Å²) in [7, 11) is 0. The molecule has 1 heterocycles. The number of rotatable bonds is 6. The fourth-order valence-electron chi connectivity index (χ4n) is 1.41. The predicted octanol–water partition coefficient (Wildman–Crippen LogP) is 1.43. The Labute approximate surface area is 103 Å². The number of hydrogen-bond acceptors (Lipinski definition) is 4. The fourth-order valence-corrected chi connectivity index (χ4v) is 1.41. The summed E-state index contributed by atoms with van der Waals surface area (Å²) < 4.78 is 0. The van der Waals surface area contributed by atoms with Gasteiger partial charge in [-0.2, -0.15) is 0 Å². The molecule has 0 bridgehead atoms. The second kappa shape index (κ2) is 6.87. The summed E-state index contributed by atoms with van der Waals surface area (Å²) >= 11 is 0. The molecule has 4 heteroatoms. The normalized spacial score (nSPS) is 10.3. The largest absolute Gasteiger partial charge is 0.344 e. The second-order valence-corrected chi connectivity index (χ2v) is 4.12. The quantitative estimate of drug-likeness (QED) is 0.753. The molecule has 4 nitrogen and oxygen atoms in total. The van der Waals surface area contributed by atoms with Gasteiger partial charge in [0, 0.05) is 25.3 Å². The molecule has 0 amide bonds. The molecule has 0 unspecified atom stereocenters. The first-order chi connectivity index (χ1) is 8.17. The fraction of sp³-hybridized carbons (Fsp3) is 0.538. The molecule has 0 aliphatic heterocycles. The van der Waals surface area contributed by atoms with E-state index in [2.05, 4.69) is 42.0 Å². The highest BCUT2D eigenvalue weighted by molar-refractivity contribution is 5.37. The number of anilines is 1. The first kappa shape index (κ1) is 13.5. The van der Waals surface area contributed by atoms with Crippen LogP contribution in [-0.2, 0) is 6.54 Å². The lowest BCUT2D eigenvalue weighted by atomic mass is 10.3. The van der Waals surface area contributed by atoms with E-state index >= 15 is 0 Å². The van der Waals surface area contributed by atoms with Crippen LogP contribution in [0.5, 0.6) is 0 Å². The van der Waals surface area contributed by atoms with E-state index < -0.39 is 0 Å². The van der Waals surface area contributed by atoms with Gasteiger partial charge < -0.3 is 10.2 Å². The third kappa shape index (κ3) is 4.41. The maximum atomic E-state index is 5.33. The van der Waals surface area contributed by atoms with E-state index in [1.54, 1.807) is 12.4 Å². The molecule has 0 radical (unpaired) electrons. The van der Waals surface area contributed by atoms with Gasteiger partial charge in [-0.1, -0.05) is 19.8 Å². The molecule has 1 aromatic heterocycles. The third-order valence-corrected chi connectivity index (χ3v) is 2.35. The van der Waals surface area contributed by atoms with E-state index in [-0.39, 0.29) is 0 Å². The number of hydrogen-bond donors (Lipinski definition) is 1. The van der Waals surface area contributed by atoms with Crippen molar-refractivity contribution < 1.29 is 0 Å². The van der Waals surface area contributed by atoms with Gasteiger partial charge in [-0.15, -0.1) is 6.42 Å². The monoisotopic (exact) mass is 232 g/mol. The van der Waals surface area contributed by atoms with Crippen LogP contribution < -0.4 is 10.2 Å². The molecule has 0 fully saturated rings. The van der Waals surface area contributed by atoms with Gasteiger partial charge in [-0.25, -0.2) is 4.98 Å². The SMILES string of the molecule is C#CCN(CC)c1cncc(CNC(C)C)n1. The van der Waals surface area contributed by atoms with Crippen molar-refractivity contribution >= 4 is 5.82 Å². The molecule has 0 saturated carbocycles. The van der Waals surface area contributed by atoms with Crippen molar-refractivity contribution in [3.05, 3.63) is 18.1 Å². The van der Waals surface area contributed by atoms with Gasteiger partial charge in [0.05, 0.1) is 18.4 Å². The van der Waals surface area contributed by atoms with Crippen LogP contribution in [-0.4, -0.2) is 29.1 Å². The number of terminal acetylenes is 1. The Hall–Kier alpha value is -1.60. The summed E-state index contributed by atoms with van der Waals surface area (Å²) in [6.45, 7) is 8.39. The first-order valence-electron chi connectivity index (χ1n) is 5.90. The van der Waals surface area contributed by atoms with Gasteiger partial charge in [0.2, 0.25) is 0 Å². The Bertz CT molecular complexity index is 381. The standard InChI is InChI=1S/C13H20N4/c1-5-7-17(6-2)13-10-14-8-12(16-13)9-15-11(3)4/h1,8,10-11,15H,6-7,9H2,2-4H3. The van der Waals surface area contributed by atoms with Gasteiger partial charge in [0.15, 0.2) is 0 Å². The van der Waals surface area contributed by atoms with Crippen LogP contribution in [0.2, 0.25) is 0 Å². The van der Waals surface area contributed by atoms with Crippen molar-refractivity contribution in [2.24, 2.45) is 0 Å². The molecule has 0 aromatic carbocycles. The summed E-state index contributed by atoms with van der Waals surface area (Å²) in [5.41, 5.74) is 0.937. The minimum absolute atomic E-state index is 0.438. The van der Waals surface area contributed by atoms with E-state index in [1.807, 2.05) is 4.90 Å². The van der Waals surface area contributed by atoms with E-state index in [1.165, 1.54) is 0 Å². The van der Waals surface area contributed by atoms with Crippen molar-refractivity contribution in [1.82, 2.24) is 15.3 Å². The van der Waals surface area contributed by atoms with Gasteiger partial charge in [-0.05, 0) is 6.92 Å². The number of aromatic nitrogens is 2. The minimum atomic E-state index is 0.438. The molecule has 0 saturated heterocycles. The van der Waals surface area contributed by atoms with Crippen LogP contribution in [0.1, 0.15) is 26.5 Å². The van der Waals surface area contributed by atoms with Gasteiger partial charge >= 0.3 is 0 Å². The topological polar surface area (TPSA) is 41.1 Å². The summed E-state index contributed by atoms with van der Waals surface area (Å²) in [6.07, 6.45) is 8.86. The van der Waals surface area contributed by atoms with Gasteiger partial charge in [-0.3, -0.25) is 4.98 Å². The Morgan fingerprint density at radius 3 is 2.82 bits per heavy atom. The van der Waals surface area contributed by atoms with Crippen LogP contribution >= 0.6 is 0 Å². The predicted molar refractivity (Wildman–Crippen MR) is 70.7 cm³/mol. The molecule has 1 aromatic rings. The summed E-state index contributed by atoms with van der Waals surface area (Å²) in [5, 5.41) is 3.32. The summed E-state index contributed by atoms with van der Waals surface area (Å²) in [5.74, 6) is 3.47. The highest BCUT2D eigenvalue weighted by Gasteiger charge is 2.06. The lowest BCUT2D eigenvalue weighted by molar-refractivity contribution is 0.580. The highest BCUT2D eigenvalue weighted by atomic mass is 15.2. The molecule has 0 aliphatic rings. The van der Waals surface area contributed by atoms with Crippen molar-refractivity contribution in [2.75, 3.05) is 18.0 Å². The molecule has 17 heavy (non-hydrogen) atoms. The van der Waals surface area contributed by atoms with E-state index in [9.17, 15) is 0 Å². The van der Waals surface area contributed by atoms with Crippen LogP contribution in [0.4, 0.5) is 5.82 Å². The van der Waals surface area contributed by atoms with E-state index in [0.29, 0.717) is 12.6 Å². The zero-order chi connectivity index (χ0) is 12.7. The molecule has 0 atom stereocenters. The lowest BCUT2D eigenvalue weighted by Crippen LogP contribution is -2.26. The molecular weight excluding hydrogens is 212 g/mol. The maximum absolute atomic E-state index is 5.33. The van der Waals surface area contributed by atoms with Crippen LogP contribution in [0.3, 0.4) is 0 Å². The van der Waals surface area contributed by atoms with Gasteiger partial charge in [0.1, 0.15) is 5.82 Å². The Morgan fingerprint density at radius 2 is 2.24 bits per heavy atom. The zero-order valence-corrected chi connectivity index (χ0v) is 10.8. The smallest absolute Gasteiger partial charge is 0.148 e. The average Bonchev–Trinajstić information content (AvgIpc) is 2.34. The Kier molecular flexibility index (Phi) is 5.44.